The summed E-state index contributed by atoms with van der Waals surface area (Å²) in [6.07, 6.45) is 1.59. The Morgan fingerprint density at radius 1 is 1.06 bits per heavy atom. The number of benzene rings is 1. The van der Waals surface area contributed by atoms with E-state index < -0.39 is 0 Å². The maximum atomic E-state index is 12.2. The molecule has 1 aromatic carbocycles. The van der Waals surface area contributed by atoms with Gasteiger partial charge in [-0.15, -0.1) is 0 Å². The Morgan fingerprint density at radius 3 is 2.22 bits per heavy atom. The second kappa shape index (κ2) is 3.80. The molecule has 0 N–H and O–H groups in total. The van der Waals surface area contributed by atoms with Gasteiger partial charge in [0.25, 0.3) is 11.8 Å². The summed E-state index contributed by atoms with van der Waals surface area (Å²) in [6.45, 7) is 2.52. The van der Waals surface area contributed by atoms with Gasteiger partial charge >= 0.3 is 0 Å². The van der Waals surface area contributed by atoms with Gasteiger partial charge in [0.05, 0.1) is 17.3 Å². The highest BCUT2D eigenvalue weighted by Crippen LogP contribution is 2.27. The number of carbonyl (C=O) groups is 2. The van der Waals surface area contributed by atoms with Crippen molar-refractivity contribution in [3.8, 4) is 0 Å². The molecule has 0 atom stereocenters. The molecule has 18 heavy (non-hydrogen) atoms. The third-order valence-electron chi connectivity index (χ3n) is 3.02. The minimum atomic E-state index is -0.286. The maximum Gasteiger partial charge on any atom is 0.267 e. The Hall–Kier alpha value is -2.43. The summed E-state index contributed by atoms with van der Waals surface area (Å²) in [4.78, 5) is 25.7. The third-order valence-corrected chi connectivity index (χ3v) is 3.02. The first-order chi connectivity index (χ1) is 8.74. The minimum Gasteiger partial charge on any atom is -0.268 e. The summed E-state index contributed by atoms with van der Waals surface area (Å²) in [5.74, 6) is -0.0553. The maximum absolute atomic E-state index is 12.2. The molecule has 1 aliphatic rings. The number of aromatic nitrogens is 2. The van der Waals surface area contributed by atoms with Crippen LogP contribution >= 0.6 is 0 Å². The first-order valence-electron chi connectivity index (χ1n) is 5.73. The summed E-state index contributed by atoms with van der Waals surface area (Å²) in [5, 5.41) is 4.08. The number of anilines is 1. The molecule has 1 aromatic heterocycles. The lowest BCUT2D eigenvalue weighted by molar-refractivity contribution is 0.0923. The van der Waals surface area contributed by atoms with Crippen LogP contribution in [-0.2, 0) is 6.54 Å². The molecule has 2 amide bonds. The molecule has 0 radical (unpaired) electrons. The van der Waals surface area contributed by atoms with Crippen LogP contribution in [0.3, 0.4) is 0 Å². The highest BCUT2D eigenvalue weighted by atomic mass is 16.2. The van der Waals surface area contributed by atoms with Gasteiger partial charge in [0, 0.05) is 12.6 Å². The van der Waals surface area contributed by atoms with Gasteiger partial charge in [0.1, 0.15) is 5.82 Å². The zero-order chi connectivity index (χ0) is 12.7. The van der Waals surface area contributed by atoms with E-state index in [0.717, 1.165) is 0 Å². The van der Waals surface area contributed by atoms with Crippen molar-refractivity contribution < 1.29 is 9.59 Å². The highest BCUT2D eigenvalue weighted by Gasteiger charge is 2.37. The first kappa shape index (κ1) is 10.7. The van der Waals surface area contributed by atoms with Gasteiger partial charge in [-0.25, -0.2) is 9.58 Å². The molecule has 2 heterocycles. The third kappa shape index (κ3) is 1.30. The van der Waals surface area contributed by atoms with E-state index in [-0.39, 0.29) is 11.8 Å². The van der Waals surface area contributed by atoms with Crippen LogP contribution in [0.5, 0.6) is 0 Å². The number of nitrogens with zero attached hydrogens (tertiary/aromatic N) is 3. The van der Waals surface area contributed by atoms with Crippen molar-refractivity contribution in [1.29, 1.82) is 0 Å². The highest BCUT2D eigenvalue weighted by molar-refractivity contribution is 6.34. The standard InChI is InChI=1S/C13H11N3O2/c1-2-15-11(7-8-14-15)16-12(17)9-5-3-4-6-10(9)13(16)18/h3-8H,2H2,1H3. The Kier molecular flexibility index (Phi) is 2.26. The number of amides is 2. The quantitative estimate of drug-likeness (QED) is 0.752. The fourth-order valence-corrected chi connectivity index (χ4v) is 2.16. The number of hydrogen-bond donors (Lipinski definition) is 0. The fraction of sp³-hybridized carbons (Fsp3) is 0.154. The van der Waals surface area contributed by atoms with Crippen molar-refractivity contribution in [3.05, 3.63) is 47.7 Å². The monoisotopic (exact) mass is 241 g/mol. The Morgan fingerprint density at radius 2 is 1.67 bits per heavy atom. The second-order valence-corrected chi connectivity index (χ2v) is 4.00. The lowest BCUT2D eigenvalue weighted by Gasteiger charge is -2.14. The van der Waals surface area contributed by atoms with Crippen molar-refractivity contribution in [2.75, 3.05) is 4.90 Å². The Balaban J connectivity index is 2.13. The van der Waals surface area contributed by atoms with Gasteiger partial charge in [-0.3, -0.25) is 9.59 Å². The van der Waals surface area contributed by atoms with Crippen LogP contribution < -0.4 is 4.90 Å². The van der Waals surface area contributed by atoms with Crippen molar-refractivity contribution >= 4 is 17.6 Å². The van der Waals surface area contributed by atoms with Crippen molar-refractivity contribution in [1.82, 2.24) is 9.78 Å². The molecule has 5 nitrogen and oxygen atoms in total. The largest absolute Gasteiger partial charge is 0.268 e. The second-order valence-electron chi connectivity index (χ2n) is 4.00. The Labute approximate surface area is 104 Å². The molecule has 0 spiro atoms. The predicted molar refractivity (Wildman–Crippen MR) is 65.5 cm³/mol. The van der Waals surface area contributed by atoms with Crippen molar-refractivity contribution in [3.63, 3.8) is 0 Å². The van der Waals surface area contributed by atoms with E-state index in [9.17, 15) is 9.59 Å². The number of carbonyl (C=O) groups excluding carboxylic acids is 2. The summed E-state index contributed by atoms with van der Waals surface area (Å²) < 4.78 is 1.63. The topological polar surface area (TPSA) is 55.2 Å². The molecule has 3 rings (SSSR count). The van der Waals surface area contributed by atoms with Crippen LogP contribution in [0, 0.1) is 0 Å². The zero-order valence-corrected chi connectivity index (χ0v) is 9.83. The predicted octanol–water partition coefficient (Wildman–Crippen LogP) is 1.70. The summed E-state index contributed by atoms with van der Waals surface area (Å²) >= 11 is 0. The van der Waals surface area contributed by atoms with Gasteiger partial charge < -0.3 is 0 Å². The lowest BCUT2D eigenvalue weighted by atomic mass is 10.1. The number of fused-ring (bicyclic) bond motifs is 1. The van der Waals surface area contributed by atoms with Gasteiger partial charge in [-0.2, -0.15) is 5.10 Å². The molecule has 0 saturated heterocycles. The van der Waals surface area contributed by atoms with Crippen LogP contribution in [0.2, 0.25) is 0 Å². The molecule has 0 bridgehead atoms. The van der Waals surface area contributed by atoms with Gasteiger partial charge in [-0.05, 0) is 19.1 Å². The van der Waals surface area contributed by atoms with E-state index >= 15 is 0 Å². The zero-order valence-electron chi connectivity index (χ0n) is 9.83. The van der Waals surface area contributed by atoms with Crippen LogP contribution in [0.15, 0.2) is 36.5 Å². The molecule has 5 heteroatoms. The first-order valence-corrected chi connectivity index (χ1v) is 5.73. The summed E-state index contributed by atoms with van der Waals surface area (Å²) in [5.41, 5.74) is 0.901. The molecule has 1 aliphatic heterocycles. The average Bonchev–Trinajstić information content (AvgIpc) is 2.95. The fourth-order valence-electron chi connectivity index (χ4n) is 2.16. The average molecular weight is 241 g/mol. The van der Waals surface area contributed by atoms with Crippen LogP contribution in [0.4, 0.5) is 5.82 Å². The number of imide groups is 1. The smallest absolute Gasteiger partial charge is 0.267 e. The number of aryl methyl sites for hydroxylation is 1. The molecule has 2 aromatic rings. The number of hydrogen-bond acceptors (Lipinski definition) is 3. The number of rotatable bonds is 2. The van der Waals surface area contributed by atoms with Crippen LogP contribution in [0.25, 0.3) is 0 Å². The molecule has 0 saturated carbocycles. The van der Waals surface area contributed by atoms with Gasteiger partial charge in [0.15, 0.2) is 0 Å². The van der Waals surface area contributed by atoms with Gasteiger partial charge in [0.2, 0.25) is 0 Å². The van der Waals surface area contributed by atoms with Crippen molar-refractivity contribution in [2.24, 2.45) is 0 Å². The molecular formula is C13H11N3O2. The van der Waals surface area contributed by atoms with E-state index in [1.165, 1.54) is 4.90 Å². The van der Waals surface area contributed by atoms with Crippen LogP contribution in [-0.4, -0.2) is 21.6 Å². The summed E-state index contributed by atoms with van der Waals surface area (Å²) in [6, 6.07) is 8.52. The van der Waals surface area contributed by atoms with E-state index in [1.807, 2.05) is 6.92 Å². The minimum absolute atomic E-state index is 0.286. The normalized spacial score (nSPS) is 14.2. The van der Waals surface area contributed by atoms with Gasteiger partial charge in [-0.1, -0.05) is 12.1 Å². The molecular weight excluding hydrogens is 230 g/mol. The molecule has 0 fully saturated rings. The van der Waals surface area contributed by atoms with Crippen LogP contribution in [0.1, 0.15) is 27.6 Å². The van der Waals surface area contributed by atoms with E-state index in [1.54, 1.807) is 41.2 Å². The van der Waals surface area contributed by atoms with E-state index in [0.29, 0.717) is 23.5 Å². The lowest BCUT2D eigenvalue weighted by Crippen LogP contribution is -2.31. The van der Waals surface area contributed by atoms with E-state index in [2.05, 4.69) is 5.10 Å². The SMILES string of the molecule is CCn1nccc1N1C(=O)c2ccccc2C1=O. The van der Waals surface area contributed by atoms with Crippen molar-refractivity contribution in [2.45, 2.75) is 13.5 Å². The molecule has 90 valence electrons. The summed E-state index contributed by atoms with van der Waals surface area (Å²) in [7, 11) is 0. The molecule has 0 unspecified atom stereocenters. The Bertz CT molecular complexity index is 610. The molecule has 0 aliphatic carbocycles. The van der Waals surface area contributed by atoms with E-state index in [4.69, 9.17) is 0 Å².